The second kappa shape index (κ2) is 4.26. The van der Waals surface area contributed by atoms with E-state index in [4.69, 9.17) is 17.3 Å². The number of halogens is 1. The third-order valence-corrected chi connectivity index (χ3v) is 5.08. The second-order valence-electron chi connectivity index (χ2n) is 4.21. The average molecular weight is 260 g/mol. The van der Waals surface area contributed by atoms with Gasteiger partial charge in [-0.3, -0.25) is 0 Å². The molecule has 0 aliphatic heterocycles. The normalized spacial score (nSPS) is 16.3. The molecular formula is C11H14ClNO2S. The lowest BCUT2D eigenvalue weighted by molar-refractivity contribution is 0.591. The molecular weight excluding hydrogens is 246 g/mol. The first-order valence-electron chi connectivity index (χ1n) is 5.27. The largest absolute Gasteiger partial charge is 0.398 e. The predicted molar refractivity (Wildman–Crippen MR) is 65.3 cm³/mol. The third kappa shape index (κ3) is 2.50. The minimum Gasteiger partial charge on any atom is -0.398 e. The highest BCUT2D eigenvalue weighted by Crippen LogP contribution is 2.35. The van der Waals surface area contributed by atoms with E-state index in [9.17, 15) is 8.42 Å². The minimum absolute atomic E-state index is 0.0947. The van der Waals surface area contributed by atoms with Gasteiger partial charge in [0, 0.05) is 0 Å². The smallest absolute Gasteiger partial charge is 0.181 e. The Morgan fingerprint density at radius 2 is 2.06 bits per heavy atom. The molecule has 1 aliphatic rings. The summed E-state index contributed by atoms with van der Waals surface area (Å²) in [6.07, 6.45) is 3.01. The van der Waals surface area contributed by atoms with Gasteiger partial charge in [0.1, 0.15) is 4.90 Å². The Kier molecular flexibility index (Phi) is 3.13. The molecule has 0 unspecified atom stereocenters. The summed E-state index contributed by atoms with van der Waals surface area (Å²) in [6, 6.07) is 4.77. The number of hydrogen-bond donors (Lipinski definition) is 1. The van der Waals surface area contributed by atoms with Crippen molar-refractivity contribution in [3.63, 3.8) is 0 Å². The van der Waals surface area contributed by atoms with E-state index in [1.54, 1.807) is 18.2 Å². The van der Waals surface area contributed by atoms with Crippen LogP contribution in [0.2, 0.25) is 5.02 Å². The van der Waals surface area contributed by atoms with E-state index < -0.39 is 9.84 Å². The molecule has 1 aliphatic carbocycles. The number of sulfone groups is 1. The van der Waals surface area contributed by atoms with Gasteiger partial charge in [-0.05, 0) is 24.5 Å². The summed E-state index contributed by atoms with van der Waals surface area (Å²) < 4.78 is 24.1. The number of nitrogens with two attached hydrogens (primary N) is 1. The van der Waals surface area contributed by atoms with Gasteiger partial charge in [-0.1, -0.05) is 30.5 Å². The molecule has 1 saturated carbocycles. The average Bonchev–Trinajstić information content (AvgIpc) is 2.97. The Morgan fingerprint density at radius 3 is 2.62 bits per heavy atom. The molecule has 1 aromatic rings. The number of anilines is 1. The molecule has 0 aromatic heterocycles. The maximum Gasteiger partial charge on any atom is 0.181 e. The molecule has 0 atom stereocenters. The molecule has 1 aromatic carbocycles. The van der Waals surface area contributed by atoms with E-state index in [-0.39, 0.29) is 21.4 Å². The summed E-state index contributed by atoms with van der Waals surface area (Å²) >= 11 is 5.89. The van der Waals surface area contributed by atoms with Crippen molar-refractivity contribution in [3.05, 3.63) is 23.2 Å². The molecule has 0 heterocycles. The Bertz CT molecular complexity index is 474. The first kappa shape index (κ1) is 11.7. The van der Waals surface area contributed by atoms with E-state index in [0.29, 0.717) is 12.3 Å². The zero-order valence-corrected chi connectivity index (χ0v) is 10.4. The van der Waals surface area contributed by atoms with E-state index in [0.717, 1.165) is 12.8 Å². The summed E-state index contributed by atoms with van der Waals surface area (Å²) in [6.45, 7) is 0. The zero-order valence-electron chi connectivity index (χ0n) is 8.82. The summed E-state index contributed by atoms with van der Waals surface area (Å²) in [5, 5.41) is 0.218. The van der Waals surface area contributed by atoms with Gasteiger partial charge in [-0.25, -0.2) is 8.42 Å². The van der Waals surface area contributed by atoms with Gasteiger partial charge in [0.05, 0.1) is 16.5 Å². The van der Waals surface area contributed by atoms with E-state index in [2.05, 4.69) is 0 Å². The highest BCUT2D eigenvalue weighted by atomic mass is 35.5. The lowest BCUT2D eigenvalue weighted by atomic mass is 10.3. The summed E-state index contributed by atoms with van der Waals surface area (Å²) in [5.74, 6) is 0.726. The van der Waals surface area contributed by atoms with Crippen LogP contribution in [0.3, 0.4) is 0 Å². The highest BCUT2D eigenvalue weighted by Gasteiger charge is 2.27. The lowest BCUT2D eigenvalue weighted by Crippen LogP contribution is -2.10. The molecule has 0 amide bonds. The summed E-state index contributed by atoms with van der Waals surface area (Å²) in [5.41, 5.74) is 5.91. The maximum absolute atomic E-state index is 12.0. The Labute approximate surface area is 101 Å². The number of hydrogen-bond acceptors (Lipinski definition) is 3. The number of nitrogen functional groups attached to an aromatic ring is 1. The van der Waals surface area contributed by atoms with Crippen LogP contribution in [0.1, 0.15) is 19.3 Å². The maximum atomic E-state index is 12.0. The Hall–Kier alpha value is -0.740. The SMILES string of the molecule is Nc1cccc(Cl)c1S(=O)(=O)CCC1CC1. The van der Waals surface area contributed by atoms with Crippen molar-refractivity contribution < 1.29 is 8.42 Å². The van der Waals surface area contributed by atoms with Crippen molar-refractivity contribution in [3.8, 4) is 0 Å². The third-order valence-electron chi connectivity index (χ3n) is 2.80. The molecule has 3 nitrogen and oxygen atoms in total. The van der Waals surface area contributed by atoms with E-state index in [1.165, 1.54) is 0 Å². The molecule has 0 radical (unpaired) electrons. The molecule has 2 N–H and O–H groups in total. The molecule has 0 saturated heterocycles. The van der Waals surface area contributed by atoms with Gasteiger partial charge in [-0.2, -0.15) is 0 Å². The second-order valence-corrected chi connectivity index (χ2v) is 6.66. The standard InChI is InChI=1S/C11H14ClNO2S/c12-9-2-1-3-10(13)11(9)16(14,15)7-6-8-4-5-8/h1-3,8H,4-7,13H2. The lowest BCUT2D eigenvalue weighted by Gasteiger charge is -2.08. The van der Waals surface area contributed by atoms with Crippen molar-refractivity contribution in [2.45, 2.75) is 24.2 Å². The van der Waals surface area contributed by atoms with Crippen LogP contribution in [0.4, 0.5) is 5.69 Å². The fourth-order valence-electron chi connectivity index (χ4n) is 1.68. The van der Waals surface area contributed by atoms with Crippen LogP contribution in [0.15, 0.2) is 23.1 Å². The molecule has 88 valence electrons. The van der Waals surface area contributed by atoms with Crippen LogP contribution >= 0.6 is 11.6 Å². The summed E-state index contributed by atoms with van der Waals surface area (Å²) in [7, 11) is -3.33. The molecule has 0 spiro atoms. The van der Waals surface area contributed by atoms with Crippen molar-refractivity contribution in [2.24, 2.45) is 5.92 Å². The van der Waals surface area contributed by atoms with Gasteiger partial charge >= 0.3 is 0 Å². The quantitative estimate of drug-likeness (QED) is 0.845. The van der Waals surface area contributed by atoms with E-state index >= 15 is 0 Å². The van der Waals surface area contributed by atoms with Crippen molar-refractivity contribution in [1.29, 1.82) is 0 Å². The first-order valence-corrected chi connectivity index (χ1v) is 7.30. The van der Waals surface area contributed by atoms with Gasteiger partial charge in [0.25, 0.3) is 0 Å². The van der Waals surface area contributed by atoms with Crippen molar-refractivity contribution in [2.75, 3.05) is 11.5 Å². The minimum atomic E-state index is -3.33. The van der Waals surface area contributed by atoms with Crippen molar-refractivity contribution >= 4 is 27.1 Å². The van der Waals surface area contributed by atoms with Gasteiger partial charge in [0.2, 0.25) is 0 Å². The van der Waals surface area contributed by atoms with Crippen LogP contribution in [0.5, 0.6) is 0 Å². The van der Waals surface area contributed by atoms with Gasteiger partial charge in [0.15, 0.2) is 9.84 Å². The van der Waals surface area contributed by atoms with Crippen LogP contribution < -0.4 is 5.73 Å². The highest BCUT2D eigenvalue weighted by molar-refractivity contribution is 7.91. The fourth-order valence-corrected chi connectivity index (χ4v) is 3.86. The molecule has 1 fully saturated rings. The topological polar surface area (TPSA) is 60.2 Å². The van der Waals surface area contributed by atoms with Gasteiger partial charge < -0.3 is 5.73 Å². The van der Waals surface area contributed by atoms with E-state index in [1.807, 2.05) is 0 Å². The van der Waals surface area contributed by atoms with Crippen LogP contribution in [-0.2, 0) is 9.84 Å². The fraction of sp³-hybridized carbons (Fsp3) is 0.455. The van der Waals surface area contributed by atoms with Gasteiger partial charge in [-0.15, -0.1) is 0 Å². The Morgan fingerprint density at radius 1 is 1.38 bits per heavy atom. The molecule has 5 heteroatoms. The van der Waals surface area contributed by atoms with Crippen LogP contribution in [0.25, 0.3) is 0 Å². The molecule has 16 heavy (non-hydrogen) atoms. The molecule has 0 bridgehead atoms. The van der Waals surface area contributed by atoms with Crippen LogP contribution in [0, 0.1) is 5.92 Å². The monoisotopic (exact) mass is 259 g/mol. The number of rotatable bonds is 4. The Balaban J connectivity index is 2.26. The zero-order chi connectivity index (χ0) is 11.8. The van der Waals surface area contributed by atoms with Crippen LogP contribution in [-0.4, -0.2) is 14.2 Å². The molecule has 2 rings (SSSR count). The first-order chi connectivity index (χ1) is 7.50. The number of benzene rings is 1. The summed E-state index contributed by atoms with van der Waals surface area (Å²) in [4.78, 5) is 0.0947. The predicted octanol–water partition coefficient (Wildman–Crippen LogP) is 2.50. The van der Waals surface area contributed by atoms with Crippen molar-refractivity contribution in [1.82, 2.24) is 0 Å².